The molecule has 108 valence electrons. The highest BCUT2D eigenvalue weighted by molar-refractivity contribution is 9.10. The third-order valence-corrected chi connectivity index (χ3v) is 3.33. The van der Waals surface area contributed by atoms with Gasteiger partial charge in [0, 0.05) is 10.2 Å². The first kappa shape index (κ1) is 15.1. The van der Waals surface area contributed by atoms with Gasteiger partial charge >= 0.3 is 0 Å². The van der Waals surface area contributed by atoms with Crippen molar-refractivity contribution < 1.29 is 14.1 Å². The van der Waals surface area contributed by atoms with Gasteiger partial charge in [0.15, 0.2) is 0 Å². The van der Waals surface area contributed by atoms with Crippen LogP contribution in [0.3, 0.4) is 0 Å². The zero-order valence-corrected chi connectivity index (χ0v) is 12.5. The number of rotatable bonds is 3. The zero-order valence-electron chi connectivity index (χ0n) is 10.9. The summed E-state index contributed by atoms with van der Waals surface area (Å²) in [5, 5.41) is 13.5. The highest BCUT2D eigenvalue weighted by Crippen LogP contribution is 2.24. The van der Waals surface area contributed by atoms with Crippen LogP contribution in [-0.2, 0) is 0 Å². The number of nitro groups is 1. The molecule has 7 heteroatoms. The smallest absolute Gasteiger partial charge is 0.285 e. The normalized spacial score (nSPS) is 10.2. The van der Waals surface area contributed by atoms with Gasteiger partial charge in [0.2, 0.25) is 0 Å². The first-order valence-electron chi connectivity index (χ1n) is 5.90. The van der Waals surface area contributed by atoms with E-state index in [4.69, 9.17) is 0 Å². The summed E-state index contributed by atoms with van der Waals surface area (Å²) in [6.45, 7) is 1.79. The summed E-state index contributed by atoms with van der Waals surface area (Å²) in [6.07, 6.45) is 0. The first-order valence-corrected chi connectivity index (χ1v) is 6.69. The lowest BCUT2D eigenvalue weighted by Crippen LogP contribution is -2.14. The average Bonchev–Trinajstić information content (AvgIpc) is 2.41. The summed E-state index contributed by atoms with van der Waals surface area (Å²) in [4.78, 5) is 22.2. The van der Waals surface area contributed by atoms with Crippen LogP contribution >= 0.6 is 15.9 Å². The van der Waals surface area contributed by atoms with Gasteiger partial charge in [-0.3, -0.25) is 14.9 Å². The van der Waals surface area contributed by atoms with E-state index in [0.29, 0.717) is 5.69 Å². The Balaban J connectivity index is 2.34. The predicted molar refractivity (Wildman–Crippen MR) is 79.9 cm³/mol. The van der Waals surface area contributed by atoms with Crippen LogP contribution in [0.2, 0.25) is 0 Å². The highest BCUT2D eigenvalue weighted by Gasteiger charge is 2.21. The van der Waals surface area contributed by atoms with Crippen LogP contribution in [-0.4, -0.2) is 10.8 Å². The van der Waals surface area contributed by atoms with Gasteiger partial charge in [-0.2, -0.15) is 0 Å². The monoisotopic (exact) mass is 352 g/mol. The third kappa shape index (κ3) is 3.43. The van der Waals surface area contributed by atoms with Gasteiger partial charge in [0.05, 0.1) is 11.0 Å². The fraction of sp³-hybridized carbons (Fsp3) is 0.0714. The van der Waals surface area contributed by atoms with Gasteiger partial charge in [0.1, 0.15) is 11.4 Å². The lowest BCUT2D eigenvalue weighted by molar-refractivity contribution is -0.385. The van der Waals surface area contributed by atoms with E-state index in [0.717, 1.165) is 28.2 Å². The second-order valence-corrected chi connectivity index (χ2v) is 5.25. The molecule has 2 aromatic carbocycles. The molecule has 0 fully saturated rings. The summed E-state index contributed by atoms with van der Waals surface area (Å²) in [5.41, 5.74) is 0.565. The van der Waals surface area contributed by atoms with Gasteiger partial charge < -0.3 is 5.32 Å². The molecule has 1 N–H and O–H groups in total. The molecule has 0 aliphatic carbocycles. The Bertz CT molecular complexity index is 734. The standard InChI is InChI=1S/C14H10BrFN2O3/c1-8-6-9(15)2-5-12(8)17-14(19)11-4-3-10(16)7-13(11)18(20)21/h2-7H,1H3,(H,17,19). The number of amides is 1. The van der Waals surface area contributed by atoms with Crippen molar-refractivity contribution >= 4 is 33.2 Å². The fourth-order valence-electron chi connectivity index (χ4n) is 1.80. The molecule has 0 aliphatic rings. The van der Waals surface area contributed by atoms with Gasteiger partial charge in [-0.15, -0.1) is 0 Å². The zero-order chi connectivity index (χ0) is 15.6. The van der Waals surface area contributed by atoms with Crippen molar-refractivity contribution in [1.29, 1.82) is 0 Å². The van der Waals surface area contributed by atoms with Crippen LogP contribution in [0.15, 0.2) is 40.9 Å². The van der Waals surface area contributed by atoms with E-state index >= 15 is 0 Å². The molecule has 0 saturated heterocycles. The van der Waals surface area contributed by atoms with Crippen LogP contribution in [0.4, 0.5) is 15.8 Å². The number of nitrogens with zero attached hydrogens (tertiary/aromatic N) is 1. The van der Waals surface area contributed by atoms with Gasteiger partial charge in [-0.1, -0.05) is 15.9 Å². The number of anilines is 1. The largest absolute Gasteiger partial charge is 0.322 e. The average molecular weight is 353 g/mol. The maximum atomic E-state index is 13.1. The summed E-state index contributed by atoms with van der Waals surface area (Å²) in [5.74, 6) is -1.43. The molecular weight excluding hydrogens is 343 g/mol. The molecule has 5 nitrogen and oxygen atoms in total. The Morgan fingerprint density at radius 3 is 2.62 bits per heavy atom. The van der Waals surface area contributed by atoms with Gasteiger partial charge in [0.25, 0.3) is 11.6 Å². The van der Waals surface area contributed by atoms with Crippen LogP contribution in [0, 0.1) is 22.9 Å². The van der Waals surface area contributed by atoms with Crippen molar-refractivity contribution in [2.45, 2.75) is 6.92 Å². The molecule has 0 aliphatic heterocycles. The first-order chi connectivity index (χ1) is 9.88. The highest BCUT2D eigenvalue weighted by atomic mass is 79.9. The Hall–Kier alpha value is -2.28. The molecule has 0 aromatic heterocycles. The number of aryl methyl sites for hydroxylation is 1. The SMILES string of the molecule is Cc1cc(Br)ccc1NC(=O)c1ccc(F)cc1[N+](=O)[O-]. The van der Waals surface area contributed by atoms with E-state index < -0.39 is 22.3 Å². The van der Waals surface area contributed by atoms with Crippen molar-refractivity contribution in [2.24, 2.45) is 0 Å². The lowest BCUT2D eigenvalue weighted by atomic mass is 10.1. The summed E-state index contributed by atoms with van der Waals surface area (Å²) in [7, 11) is 0. The molecule has 0 atom stereocenters. The Morgan fingerprint density at radius 1 is 1.29 bits per heavy atom. The Kier molecular flexibility index (Phi) is 4.32. The van der Waals surface area contributed by atoms with Crippen molar-refractivity contribution in [1.82, 2.24) is 0 Å². The fourth-order valence-corrected chi connectivity index (χ4v) is 2.28. The lowest BCUT2D eigenvalue weighted by Gasteiger charge is -2.09. The number of hydrogen-bond acceptors (Lipinski definition) is 3. The van der Waals surface area contributed by atoms with Crippen LogP contribution in [0.1, 0.15) is 15.9 Å². The molecule has 0 bridgehead atoms. The van der Waals surface area contributed by atoms with Gasteiger partial charge in [-0.05, 0) is 42.8 Å². The van der Waals surface area contributed by atoms with Crippen molar-refractivity contribution in [3.8, 4) is 0 Å². The van der Waals surface area contributed by atoms with Crippen molar-refractivity contribution in [3.05, 3.63) is 67.9 Å². The Labute approximate surface area is 128 Å². The number of carbonyl (C=O) groups excluding carboxylic acids is 1. The van der Waals surface area contributed by atoms with E-state index in [1.54, 1.807) is 25.1 Å². The predicted octanol–water partition coefficient (Wildman–Crippen LogP) is 4.06. The van der Waals surface area contributed by atoms with E-state index in [-0.39, 0.29) is 5.56 Å². The van der Waals surface area contributed by atoms with Gasteiger partial charge in [-0.25, -0.2) is 4.39 Å². The third-order valence-electron chi connectivity index (χ3n) is 2.84. The minimum atomic E-state index is -0.785. The van der Waals surface area contributed by atoms with E-state index in [9.17, 15) is 19.3 Å². The van der Waals surface area contributed by atoms with Crippen LogP contribution < -0.4 is 5.32 Å². The summed E-state index contributed by atoms with van der Waals surface area (Å²) >= 11 is 3.30. The molecule has 0 spiro atoms. The summed E-state index contributed by atoms with van der Waals surface area (Å²) < 4.78 is 13.9. The number of nitrogens with one attached hydrogen (secondary N) is 1. The quantitative estimate of drug-likeness (QED) is 0.668. The second kappa shape index (κ2) is 6.01. The number of benzene rings is 2. The van der Waals surface area contributed by atoms with Crippen LogP contribution in [0.25, 0.3) is 0 Å². The molecule has 2 rings (SSSR count). The number of halogens is 2. The number of hydrogen-bond donors (Lipinski definition) is 1. The Morgan fingerprint density at radius 2 is 2.00 bits per heavy atom. The molecule has 21 heavy (non-hydrogen) atoms. The molecule has 0 heterocycles. The van der Waals surface area contributed by atoms with Crippen molar-refractivity contribution in [3.63, 3.8) is 0 Å². The molecule has 0 unspecified atom stereocenters. The maximum Gasteiger partial charge on any atom is 0.285 e. The maximum absolute atomic E-state index is 13.1. The minimum absolute atomic E-state index is 0.191. The topological polar surface area (TPSA) is 72.2 Å². The van der Waals surface area contributed by atoms with Crippen LogP contribution in [0.5, 0.6) is 0 Å². The molecule has 0 radical (unpaired) electrons. The molecular formula is C14H10BrFN2O3. The molecule has 1 amide bonds. The molecule has 2 aromatic rings. The summed E-state index contributed by atoms with van der Waals surface area (Å²) in [6, 6.07) is 8.04. The second-order valence-electron chi connectivity index (χ2n) is 4.33. The van der Waals surface area contributed by atoms with Crippen molar-refractivity contribution in [2.75, 3.05) is 5.32 Å². The number of nitro benzene ring substituents is 1. The number of carbonyl (C=O) groups is 1. The van der Waals surface area contributed by atoms with E-state index in [2.05, 4.69) is 21.2 Å². The van der Waals surface area contributed by atoms with E-state index in [1.165, 1.54) is 0 Å². The van der Waals surface area contributed by atoms with E-state index in [1.807, 2.05) is 0 Å². The molecule has 0 saturated carbocycles. The minimum Gasteiger partial charge on any atom is -0.322 e.